The van der Waals surface area contributed by atoms with Crippen molar-refractivity contribution in [3.05, 3.63) is 11.6 Å². The van der Waals surface area contributed by atoms with E-state index >= 15 is 0 Å². The van der Waals surface area contributed by atoms with Gasteiger partial charge in [0.15, 0.2) is 0 Å². The van der Waals surface area contributed by atoms with E-state index < -0.39 is 6.03 Å². The number of allylic oxidation sites excluding steroid dienone is 2. The number of rotatable bonds is 3. The van der Waals surface area contributed by atoms with E-state index in [9.17, 15) is 9.59 Å². The molecule has 0 aromatic rings. The standard InChI is InChI=1S/C12H19N3O2/c1-8(2)7-11(14-15-12(13)17)9-3-5-10(16)6-4-9/h7,9H,3-6H2,1-2H3,(H3,13,15,17). The van der Waals surface area contributed by atoms with Gasteiger partial charge in [-0.15, -0.1) is 0 Å². The fourth-order valence-corrected chi connectivity index (χ4v) is 1.89. The summed E-state index contributed by atoms with van der Waals surface area (Å²) in [4.78, 5) is 21.8. The van der Waals surface area contributed by atoms with E-state index in [2.05, 4.69) is 10.5 Å². The lowest BCUT2D eigenvalue weighted by molar-refractivity contribution is -0.120. The molecule has 5 heteroatoms. The Morgan fingerprint density at radius 2 is 2.00 bits per heavy atom. The average molecular weight is 237 g/mol. The first kappa shape index (κ1) is 13.4. The Morgan fingerprint density at radius 1 is 1.41 bits per heavy atom. The molecule has 0 heterocycles. The highest BCUT2D eigenvalue weighted by atomic mass is 16.2. The molecule has 0 aromatic carbocycles. The molecule has 0 radical (unpaired) electrons. The van der Waals surface area contributed by atoms with Crippen LogP contribution in [-0.4, -0.2) is 17.5 Å². The third-order valence-corrected chi connectivity index (χ3v) is 2.69. The molecule has 0 saturated heterocycles. The Labute approximate surface area is 101 Å². The summed E-state index contributed by atoms with van der Waals surface area (Å²) >= 11 is 0. The summed E-state index contributed by atoms with van der Waals surface area (Å²) in [6.07, 6.45) is 4.70. The van der Waals surface area contributed by atoms with Crippen molar-refractivity contribution in [1.29, 1.82) is 0 Å². The zero-order valence-corrected chi connectivity index (χ0v) is 10.3. The van der Waals surface area contributed by atoms with Crippen LogP contribution in [0.1, 0.15) is 39.5 Å². The molecule has 0 unspecified atom stereocenters. The topological polar surface area (TPSA) is 84.5 Å². The maximum Gasteiger partial charge on any atom is 0.332 e. The molecule has 1 saturated carbocycles. The van der Waals surface area contributed by atoms with Gasteiger partial charge in [0.2, 0.25) is 0 Å². The first-order valence-electron chi connectivity index (χ1n) is 5.78. The third-order valence-electron chi connectivity index (χ3n) is 2.69. The lowest BCUT2D eigenvalue weighted by atomic mass is 9.84. The smallest absolute Gasteiger partial charge is 0.332 e. The number of urea groups is 1. The van der Waals surface area contributed by atoms with Gasteiger partial charge in [-0.25, -0.2) is 10.2 Å². The first-order valence-corrected chi connectivity index (χ1v) is 5.78. The van der Waals surface area contributed by atoms with Crippen LogP contribution in [0.5, 0.6) is 0 Å². The van der Waals surface area contributed by atoms with Crippen LogP contribution in [0, 0.1) is 5.92 Å². The molecular weight excluding hydrogens is 218 g/mol. The molecule has 1 rings (SSSR count). The van der Waals surface area contributed by atoms with E-state index in [4.69, 9.17) is 5.73 Å². The monoisotopic (exact) mass is 237 g/mol. The maximum atomic E-state index is 11.2. The number of ketones is 1. The molecule has 0 spiro atoms. The lowest BCUT2D eigenvalue weighted by Crippen LogP contribution is -2.28. The molecule has 3 N–H and O–H groups in total. The quantitative estimate of drug-likeness (QED) is 0.578. The molecule has 1 aliphatic rings. The van der Waals surface area contributed by atoms with E-state index in [-0.39, 0.29) is 5.92 Å². The predicted octanol–water partition coefficient (Wildman–Crippen LogP) is 1.74. The Bertz CT molecular complexity index is 358. The van der Waals surface area contributed by atoms with Crippen molar-refractivity contribution in [1.82, 2.24) is 5.43 Å². The minimum Gasteiger partial charge on any atom is -0.350 e. The van der Waals surface area contributed by atoms with Gasteiger partial charge in [0.25, 0.3) is 0 Å². The molecule has 0 bridgehead atoms. The molecule has 17 heavy (non-hydrogen) atoms. The summed E-state index contributed by atoms with van der Waals surface area (Å²) in [5.74, 6) is 0.537. The second kappa shape index (κ2) is 6.18. The highest BCUT2D eigenvalue weighted by Gasteiger charge is 2.22. The Morgan fingerprint density at radius 3 is 2.47 bits per heavy atom. The third kappa shape index (κ3) is 4.80. The summed E-state index contributed by atoms with van der Waals surface area (Å²) in [5.41, 5.74) is 9.15. The molecule has 0 aromatic heterocycles. The average Bonchev–Trinajstić information content (AvgIpc) is 2.25. The van der Waals surface area contributed by atoms with Crippen molar-refractivity contribution in [3.63, 3.8) is 0 Å². The van der Waals surface area contributed by atoms with Crippen molar-refractivity contribution in [2.75, 3.05) is 0 Å². The normalized spacial score (nSPS) is 17.8. The van der Waals surface area contributed by atoms with Gasteiger partial charge in [0.1, 0.15) is 5.78 Å². The van der Waals surface area contributed by atoms with Crippen molar-refractivity contribution in [2.24, 2.45) is 16.8 Å². The molecular formula is C12H19N3O2. The number of Topliss-reactive ketones (excluding diaryl/α,β-unsaturated/α-hetero) is 1. The van der Waals surface area contributed by atoms with Crippen molar-refractivity contribution in [2.45, 2.75) is 39.5 Å². The molecule has 0 atom stereocenters. The Kier molecular flexibility index (Phi) is 4.87. The number of hydrazone groups is 1. The number of nitrogens with zero attached hydrogens (tertiary/aromatic N) is 1. The van der Waals surface area contributed by atoms with Gasteiger partial charge in [-0.1, -0.05) is 5.57 Å². The predicted molar refractivity (Wildman–Crippen MR) is 66.6 cm³/mol. The molecule has 1 aliphatic carbocycles. The van der Waals surface area contributed by atoms with E-state index in [1.165, 1.54) is 0 Å². The largest absolute Gasteiger partial charge is 0.350 e. The van der Waals surface area contributed by atoms with Crippen LogP contribution < -0.4 is 11.2 Å². The van der Waals surface area contributed by atoms with Crippen molar-refractivity contribution in [3.8, 4) is 0 Å². The zero-order valence-electron chi connectivity index (χ0n) is 10.3. The Hall–Kier alpha value is -1.65. The molecule has 0 aliphatic heterocycles. The summed E-state index contributed by atoms with van der Waals surface area (Å²) < 4.78 is 0. The van der Waals surface area contributed by atoms with Crippen LogP contribution in [-0.2, 0) is 4.79 Å². The number of hydrogen-bond acceptors (Lipinski definition) is 3. The summed E-state index contributed by atoms with van der Waals surface area (Å²) in [5, 5.41) is 4.02. The first-order chi connectivity index (χ1) is 7.99. The summed E-state index contributed by atoms with van der Waals surface area (Å²) in [6.45, 7) is 3.93. The molecule has 5 nitrogen and oxygen atoms in total. The van der Waals surface area contributed by atoms with Crippen LogP contribution in [0.3, 0.4) is 0 Å². The molecule has 2 amide bonds. The van der Waals surface area contributed by atoms with E-state index in [1.807, 2.05) is 19.9 Å². The highest BCUT2D eigenvalue weighted by molar-refractivity contribution is 5.98. The number of primary amides is 1. The lowest BCUT2D eigenvalue weighted by Gasteiger charge is -2.21. The second-order valence-electron chi connectivity index (χ2n) is 4.55. The second-order valence-corrected chi connectivity index (χ2v) is 4.55. The van der Waals surface area contributed by atoms with Gasteiger partial charge in [0, 0.05) is 18.8 Å². The van der Waals surface area contributed by atoms with Crippen LogP contribution >= 0.6 is 0 Å². The van der Waals surface area contributed by atoms with Gasteiger partial charge >= 0.3 is 6.03 Å². The van der Waals surface area contributed by atoms with Crippen molar-refractivity contribution >= 4 is 17.5 Å². The number of nitrogens with two attached hydrogens (primary N) is 1. The fourth-order valence-electron chi connectivity index (χ4n) is 1.89. The van der Waals surface area contributed by atoms with Crippen LogP contribution in [0.2, 0.25) is 0 Å². The minimum absolute atomic E-state index is 0.231. The summed E-state index contributed by atoms with van der Waals surface area (Å²) in [7, 11) is 0. The number of carbonyl (C=O) groups is 2. The maximum absolute atomic E-state index is 11.2. The van der Waals surface area contributed by atoms with E-state index in [0.29, 0.717) is 18.6 Å². The van der Waals surface area contributed by atoms with E-state index in [1.54, 1.807) is 0 Å². The number of carbonyl (C=O) groups excluding carboxylic acids is 2. The number of hydrogen-bond donors (Lipinski definition) is 2. The molecule has 94 valence electrons. The molecule has 1 fully saturated rings. The van der Waals surface area contributed by atoms with E-state index in [0.717, 1.165) is 24.1 Å². The van der Waals surface area contributed by atoms with Gasteiger partial charge in [0.05, 0.1) is 5.71 Å². The van der Waals surface area contributed by atoms with Gasteiger partial charge in [-0.05, 0) is 32.8 Å². The zero-order chi connectivity index (χ0) is 12.8. The number of amides is 2. The van der Waals surface area contributed by atoms with Crippen LogP contribution in [0.4, 0.5) is 4.79 Å². The van der Waals surface area contributed by atoms with Crippen molar-refractivity contribution < 1.29 is 9.59 Å². The summed E-state index contributed by atoms with van der Waals surface area (Å²) in [6, 6.07) is -0.670. The fraction of sp³-hybridized carbons (Fsp3) is 0.583. The van der Waals surface area contributed by atoms with Gasteiger partial charge < -0.3 is 5.73 Å². The Balaban J connectivity index is 2.76. The van der Waals surface area contributed by atoms with Gasteiger partial charge in [-0.3, -0.25) is 4.79 Å². The SMILES string of the molecule is CC(C)=CC(=NNC(N)=O)C1CCC(=O)CC1. The highest BCUT2D eigenvalue weighted by Crippen LogP contribution is 2.23. The van der Waals surface area contributed by atoms with Gasteiger partial charge in [-0.2, -0.15) is 5.10 Å². The number of nitrogens with one attached hydrogen (secondary N) is 1. The van der Waals surface area contributed by atoms with Crippen LogP contribution in [0.25, 0.3) is 0 Å². The minimum atomic E-state index is -0.670. The van der Waals surface area contributed by atoms with Crippen LogP contribution in [0.15, 0.2) is 16.8 Å².